The number of hydrogen-bond donors (Lipinski definition) is 2. The van der Waals surface area contributed by atoms with E-state index in [-0.39, 0.29) is 17.9 Å². The summed E-state index contributed by atoms with van der Waals surface area (Å²) in [4.78, 5) is 11.8. The van der Waals surface area contributed by atoms with Crippen molar-refractivity contribution in [1.82, 2.24) is 5.32 Å². The lowest BCUT2D eigenvalue weighted by Crippen LogP contribution is -2.32. The normalized spacial score (nSPS) is 20.0. The standard InChI is InChI=1S/C18H24N2O3/c19-12-14-5-3-7-16(11-14)23-10-2-1-9-18(22)20-13-15-6-4-8-17(15)21/h3,5,7,11,15,17,21H,1-2,4,6,8-10,13H2,(H,20,22). The number of benzene rings is 1. The number of aliphatic hydroxyl groups excluding tert-OH is 1. The number of rotatable bonds is 8. The van der Waals surface area contributed by atoms with Crippen molar-refractivity contribution in [2.75, 3.05) is 13.2 Å². The Morgan fingerprint density at radius 1 is 1.39 bits per heavy atom. The second-order valence-electron chi connectivity index (χ2n) is 6.01. The van der Waals surface area contributed by atoms with E-state index in [1.54, 1.807) is 18.2 Å². The average molecular weight is 316 g/mol. The molecule has 2 unspecified atom stereocenters. The fourth-order valence-electron chi connectivity index (χ4n) is 2.82. The molecule has 5 nitrogen and oxygen atoms in total. The van der Waals surface area contributed by atoms with E-state index in [9.17, 15) is 9.90 Å². The Labute approximate surface area is 137 Å². The van der Waals surface area contributed by atoms with Crippen LogP contribution in [0.4, 0.5) is 0 Å². The summed E-state index contributed by atoms with van der Waals surface area (Å²) in [6, 6.07) is 9.13. The van der Waals surface area contributed by atoms with Crippen molar-refractivity contribution in [1.29, 1.82) is 5.26 Å². The molecule has 1 amide bonds. The number of ether oxygens (including phenoxy) is 1. The molecule has 1 saturated carbocycles. The van der Waals surface area contributed by atoms with Crippen LogP contribution in [0.3, 0.4) is 0 Å². The van der Waals surface area contributed by atoms with Gasteiger partial charge in [-0.25, -0.2) is 0 Å². The second kappa shape index (κ2) is 9.16. The van der Waals surface area contributed by atoms with Crippen molar-refractivity contribution in [3.8, 4) is 11.8 Å². The quantitative estimate of drug-likeness (QED) is 0.721. The van der Waals surface area contributed by atoms with Crippen molar-refractivity contribution >= 4 is 5.91 Å². The summed E-state index contributed by atoms with van der Waals surface area (Å²) in [5.41, 5.74) is 0.580. The SMILES string of the molecule is N#Cc1cccc(OCCCCC(=O)NCC2CCCC2O)c1. The van der Waals surface area contributed by atoms with Gasteiger partial charge in [-0.2, -0.15) is 5.26 Å². The first-order valence-corrected chi connectivity index (χ1v) is 8.27. The lowest BCUT2D eigenvalue weighted by molar-refractivity contribution is -0.121. The summed E-state index contributed by atoms with van der Waals surface area (Å²) in [5.74, 6) is 0.939. The molecule has 1 aromatic carbocycles. The topological polar surface area (TPSA) is 82.3 Å². The largest absolute Gasteiger partial charge is 0.494 e. The number of nitriles is 1. The minimum absolute atomic E-state index is 0.0376. The van der Waals surface area contributed by atoms with E-state index in [4.69, 9.17) is 10.00 Å². The molecule has 1 aliphatic carbocycles. The number of unbranched alkanes of at least 4 members (excludes halogenated alkanes) is 1. The maximum Gasteiger partial charge on any atom is 0.220 e. The van der Waals surface area contributed by atoms with E-state index in [0.29, 0.717) is 30.9 Å². The minimum Gasteiger partial charge on any atom is -0.494 e. The third-order valence-corrected chi connectivity index (χ3v) is 4.21. The molecule has 0 radical (unpaired) electrons. The van der Waals surface area contributed by atoms with Crippen LogP contribution in [0.1, 0.15) is 44.1 Å². The number of hydrogen-bond acceptors (Lipinski definition) is 4. The Bertz CT molecular complexity index is 553. The summed E-state index contributed by atoms with van der Waals surface area (Å²) in [7, 11) is 0. The zero-order valence-corrected chi connectivity index (χ0v) is 13.3. The van der Waals surface area contributed by atoms with Gasteiger partial charge in [-0.1, -0.05) is 12.5 Å². The molecule has 1 fully saturated rings. The molecule has 2 atom stereocenters. The molecule has 23 heavy (non-hydrogen) atoms. The summed E-state index contributed by atoms with van der Waals surface area (Å²) >= 11 is 0. The van der Waals surface area contributed by atoms with Crippen molar-refractivity contribution in [2.45, 2.75) is 44.6 Å². The first-order chi connectivity index (χ1) is 11.2. The first kappa shape index (κ1) is 17.3. The zero-order chi connectivity index (χ0) is 16.5. The molecule has 0 saturated heterocycles. The summed E-state index contributed by atoms with van der Waals surface area (Å²) in [6.45, 7) is 1.11. The van der Waals surface area contributed by atoms with Crippen LogP contribution in [0.15, 0.2) is 24.3 Å². The highest BCUT2D eigenvalue weighted by Gasteiger charge is 2.25. The molecular weight excluding hydrogens is 292 g/mol. The van der Waals surface area contributed by atoms with E-state index in [1.165, 1.54) is 0 Å². The van der Waals surface area contributed by atoms with Crippen molar-refractivity contribution in [3.05, 3.63) is 29.8 Å². The summed E-state index contributed by atoms with van der Waals surface area (Å²) in [5, 5.41) is 21.4. The first-order valence-electron chi connectivity index (χ1n) is 8.27. The number of nitrogens with one attached hydrogen (secondary N) is 1. The van der Waals surface area contributed by atoms with Gasteiger partial charge in [0.15, 0.2) is 0 Å². The lowest BCUT2D eigenvalue weighted by Gasteiger charge is -2.15. The van der Waals surface area contributed by atoms with Gasteiger partial charge in [0.1, 0.15) is 5.75 Å². The molecule has 0 heterocycles. The molecule has 0 bridgehead atoms. The van der Waals surface area contributed by atoms with E-state index >= 15 is 0 Å². The Balaban J connectivity index is 1.54. The number of nitrogens with zero attached hydrogens (tertiary/aromatic N) is 1. The second-order valence-corrected chi connectivity index (χ2v) is 6.01. The lowest BCUT2D eigenvalue weighted by atomic mass is 10.1. The van der Waals surface area contributed by atoms with E-state index < -0.39 is 0 Å². The fraction of sp³-hybridized carbons (Fsp3) is 0.556. The number of aliphatic hydroxyl groups is 1. The Kier molecular flexibility index (Phi) is 6.89. The van der Waals surface area contributed by atoms with Crippen molar-refractivity contribution in [3.63, 3.8) is 0 Å². The Hall–Kier alpha value is -2.06. The van der Waals surface area contributed by atoms with Gasteiger partial charge in [0, 0.05) is 18.9 Å². The molecule has 0 aliphatic heterocycles. The van der Waals surface area contributed by atoms with Gasteiger partial charge in [-0.05, 0) is 43.9 Å². The molecule has 0 spiro atoms. The molecule has 5 heteroatoms. The average Bonchev–Trinajstić information content (AvgIpc) is 2.98. The van der Waals surface area contributed by atoms with Gasteiger partial charge in [0.05, 0.1) is 24.3 Å². The van der Waals surface area contributed by atoms with Crippen LogP contribution in [0.5, 0.6) is 5.75 Å². The summed E-state index contributed by atoms with van der Waals surface area (Å²) < 4.78 is 5.57. The molecule has 0 aromatic heterocycles. The monoisotopic (exact) mass is 316 g/mol. The van der Waals surface area contributed by atoms with Crippen LogP contribution in [-0.2, 0) is 4.79 Å². The maximum absolute atomic E-state index is 11.8. The Morgan fingerprint density at radius 3 is 3.00 bits per heavy atom. The highest BCUT2D eigenvalue weighted by Crippen LogP contribution is 2.24. The molecule has 2 rings (SSSR count). The molecular formula is C18H24N2O3. The van der Waals surface area contributed by atoms with Gasteiger partial charge in [0.25, 0.3) is 0 Å². The van der Waals surface area contributed by atoms with E-state index in [0.717, 1.165) is 32.1 Å². The third-order valence-electron chi connectivity index (χ3n) is 4.21. The number of carbonyl (C=O) groups is 1. The fourth-order valence-corrected chi connectivity index (χ4v) is 2.82. The van der Waals surface area contributed by atoms with Crippen LogP contribution in [0, 0.1) is 17.2 Å². The maximum atomic E-state index is 11.8. The smallest absolute Gasteiger partial charge is 0.220 e. The van der Waals surface area contributed by atoms with Gasteiger partial charge in [0.2, 0.25) is 5.91 Å². The molecule has 2 N–H and O–H groups in total. The Morgan fingerprint density at radius 2 is 2.26 bits per heavy atom. The zero-order valence-electron chi connectivity index (χ0n) is 13.3. The van der Waals surface area contributed by atoms with Crippen LogP contribution in [0.25, 0.3) is 0 Å². The minimum atomic E-state index is -0.257. The van der Waals surface area contributed by atoms with Crippen LogP contribution in [-0.4, -0.2) is 30.3 Å². The highest BCUT2D eigenvalue weighted by atomic mass is 16.5. The third kappa shape index (κ3) is 5.91. The van der Waals surface area contributed by atoms with Crippen molar-refractivity contribution in [2.24, 2.45) is 5.92 Å². The van der Waals surface area contributed by atoms with Gasteiger partial charge < -0.3 is 15.2 Å². The van der Waals surface area contributed by atoms with Crippen molar-refractivity contribution < 1.29 is 14.6 Å². The predicted octanol–water partition coefficient (Wildman–Crippen LogP) is 2.38. The number of amides is 1. The highest BCUT2D eigenvalue weighted by molar-refractivity contribution is 5.75. The van der Waals surface area contributed by atoms with Gasteiger partial charge in [-0.15, -0.1) is 0 Å². The molecule has 1 aliphatic rings. The van der Waals surface area contributed by atoms with Crippen LogP contribution >= 0.6 is 0 Å². The number of carbonyl (C=O) groups excluding carboxylic acids is 1. The van der Waals surface area contributed by atoms with E-state index in [2.05, 4.69) is 11.4 Å². The van der Waals surface area contributed by atoms with Gasteiger partial charge in [-0.3, -0.25) is 4.79 Å². The van der Waals surface area contributed by atoms with Gasteiger partial charge >= 0.3 is 0 Å². The van der Waals surface area contributed by atoms with Crippen LogP contribution in [0.2, 0.25) is 0 Å². The summed E-state index contributed by atoms with van der Waals surface area (Å²) in [6.07, 6.45) is 4.67. The van der Waals surface area contributed by atoms with E-state index in [1.807, 2.05) is 6.07 Å². The molecule has 124 valence electrons. The predicted molar refractivity (Wildman–Crippen MR) is 86.9 cm³/mol. The van der Waals surface area contributed by atoms with Crippen LogP contribution < -0.4 is 10.1 Å². The molecule has 1 aromatic rings.